The summed E-state index contributed by atoms with van der Waals surface area (Å²) in [4.78, 5) is 18.3. The molecule has 0 aliphatic rings. The molecular formula is C17H25N3O2. The SMILES string of the molecule is CC#N.COC(=O)c1c(C)c(C)c(C)c(C)c1N=CN(C)C. The van der Waals surface area contributed by atoms with Crippen molar-refractivity contribution in [3.8, 4) is 6.07 Å². The number of carbonyl (C=O) groups is 1. The molecule has 22 heavy (non-hydrogen) atoms. The Morgan fingerprint density at radius 3 is 2.00 bits per heavy atom. The molecule has 0 unspecified atom stereocenters. The van der Waals surface area contributed by atoms with Gasteiger partial charge < -0.3 is 9.64 Å². The molecule has 0 atom stereocenters. The highest BCUT2D eigenvalue weighted by molar-refractivity contribution is 5.98. The Morgan fingerprint density at radius 2 is 1.59 bits per heavy atom. The van der Waals surface area contributed by atoms with Gasteiger partial charge in [0.25, 0.3) is 0 Å². The van der Waals surface area contributed by atoms with Crippen LogP contribution in [0.15, 0.2) is 4.99 Å². The van der Waals surface area contributed by atoms with E-state index in [4.69, 9.17) is 10.00 Å². The summed E-state index contributed by atoms with van der Waals surface area (Å²) in [7, 11) is 5.18. The van der Waals surface area contributed by atoms with Crippen LogP contribution >= 0.6 is 0 Å². The molecule has 120 valence electrons. The summed E-state index contributed by atoms with van der Waals surface area (Å²) in [6, 6.07) is 1.75. The number of ether oxygens (including phenoxy) is 1. The molecule has 1 aromatic rings. The lowest BCUT2D eigenvalue weighted by atomic mass is 9.92. The van der Waals surface area contributed by atoms with Crippen molar-refractivity contribution < 1.29 is 9.53 Å². The first-order valence-corrected chi connectivity index (χ1v) is 6.92. The van der Waals surface area contributed by atoms with E-state index in [2.05, 4.69) is 4.99 Å². The smallest absolute Gasteiger partial charge is 0.340 e. The van der Waals surface area contributed by atoms with Crippen molar-refractivity contribution in [1.29, 1.82) is 5.26 Å². The number of hydrogen-bond donors (Lipinski definition) is 0. The molecule has 0 bridgehead atoms. The highest BCUT2D eigenvalue weighted by Gasteiger charge is 2.20. The largest absolute Gasteiger partial charge is 0.465 e. The van der Waals surface area contributed by atoms with Crippen LogP contribution in [-0.2, 0) is 4.74 Å². The fourth-order valence-electron chi connectivity index (χ4n) is 1.98. The number of aliphatic imine (C=N–C) groups is 1. The zero-order valence-electron chi connectivity index (χ0n) is 14.7. The average Bonchev–Trinajstić information content (AvgIpc) is 2.47. The Morgan fingerprint density at radius 1 is 1.14 bits per heavy atom. The first-order chi connectivity index (χ1) is 10.2. The van der Waals surface area contributed by atoms with Gasteiger partial charge in [-0.25, -0.2) is 9.79 Å². The Kier molecular flexibility index (Phi) is 7.89. The number of nitriles is 1. The molecule has 0 spiro atoms. The van der Waals surface area contributed by atoms with E-state index in [1.165, 1.54) is 14.0 Å². The third-order valence-electron chi connectivity index (χ3n) is 3.46. The molecule has 1 aromatic carbocycles. The van der Waals surface area contributed by atoms with Crippen molar-refractivity contribution in [2.45, 2.75) is 34.6 Å². The number of nitrogens with zero attached hydrogens (tertiary/aromatic N) is 3. The van der Waals surface area contributed by atoms with Crippen LogP contribution < -0.4 is 0 Å². The highest BCUT2D eigenvalue weighted by Crippen LogP contribution is 2.33. The van der Waals surface area contributed by atoms with Gasteiger partial charge in [0.1, 0.15) is 0 Å². The van der Waals surface area contributed by atoms with Gasteiger partial charge in [0.15, 0.2) is 0 Å². The molecule has 0 aliphatic heterocycles. The standard InChI is InChI=1S/C15H22N2O2.C2H3N/c1-9-10(2)12(4)14(16-8-17(5)6)13(11(9)3)15(18)19-7;1-2-3/h8H,1-7H3;1H3. The third-order valence-corrected chi connectivity index (χ3v) is 3.46. The van der Waals surface area contributed by atoms with Crippen LogP contribution in [0.5, 0.6) is 0 Å². The summed E-state index contributed by atoms with van der Waals surface area (Å²) in [6.45, 7) is 9.41. The van der Waals surface area contributed by atoms with Gasteiger partial charge in [0, 0.05) is 21.0 Å². The van der Waals surface area contributed by atoms with Gasteiger partial charge in [-0.15, -0.1) is 0 Å². The Labute approximate surface area is 133 Å². The summed E-state index contributed by atoms with van der Waals surface area (Å²) in [6.07, 6.45) is 1.70. The van der Waals surface area contributed by atoms with Crippen molar-refractivity contribution in [1.82, 2.24) is 4.90 Å². The second kappa shape index (κ2) is 8.83. The summed E-state index contributed by atoms with van der Waals surface area (Å²) in [5.74, 6) is -0.338. The molecule has 0 heterocycles. The molecule has 0 fully saturated rings. The fourth-order valence-corrected chi connectivity index (χ4v) is 1.98. The zero-order valence-corrected chi connectivity index (χ0v) is 14.7. The zero-order chi connectivity index (χ0) is 17.4. The summed E-state index contributed by atoms with van der Waals surface area (Å²) in [5, 5.41) is 7.32. The molecule has 0 aromatic heterocycles. The molecule has 0 radical (unpaired) electrons. The fraction of sp³-hybridized carbons (Fsp3) is 0.471. The Hall–Kier alpha value is -2.35. The van der Waals surface area contributed by atoms with Crippen molar-refractivity contribution in [2.24, 2.45) is 4.99 Å². The van der Waals surface area contributed by atoms with E-state index in [1.807, 2.05) is 46.7 Å². The van der Waals surface area contributed by atoms with Crippen molar-refractivity contribution in [3.05, 3.63) is 27.8 Å². The van der Waals surface area contributed by atoms with E-state index in [-0.39, 0.29) is 5.97 Å². The Balaban J connectivity index is 0.00000135. The summed E-state index contributed by atoms with van der Waals surface area (Å²) in [5.41, 5.74) is 5.47. The molecular weight excluding hydrogens is 278 g/mol. The molecule has 1 rings (SSSR count). The number of carbonyl (C=O) groups excluding carboxylic acids is 1. The number of esters is 1. The molecule has 5 heteroatoms. The molecule has 5 nitrogen and oxygen atoms in total. The van der Waals surface area contributed by atoms with Gasteiger partial charge in [-0.2, -0.15) is 5.26 Å². The van der Waals surface area contributed by atoms with Crippen molar-refractivity contribution in [3.63, 3.8) is 0 Å². The lowest BCUT2D eigenvalue weighted by Crippen LogP contribution is -2.11. The number of rotatable bonds is 3. The van der Waals surface area contributed by atoms with E-state index in [9.17, 15) is 4.79 Å². The molecule has 0 saturated carbocycles. The normalized spacial score (nSPS) is 9.77. The van der Waals surface area contributed by atoms with E-state index in [0.29, 0.717) is 11.3 Å². The van der Waals surface area contributed by atoms with E-state index < -0.39 is 0 Å². The van der Waals surface area contributed by atoms with Gasteiger partial charge in [-0.05, 0) is 49.9 Å². The number of methoxy groups -OCH3 is 1. The van der Waals surface area contributed by atoms with Crippen molar-refractivity contribution in [2.75, 3.05) is 21.2 Å². The van der Waals surface area contributed by atoms with Crippen LogP contribution in [-0.4, -0.2) is 38.4 Å². The van der Waals surface area contributed by atoms with Gasteiger partial charge in [0.05, 0.1) is 30.8 Å². The first kappa shape index (κ1) is 19.7. The van der Waals surface area contributed by atoms with Gasteiger partial charge >= 0.3 is 5.97 Å². The maximum Gasteiger partial charge on any atom is 0.340 e. The van der Waals surface area contributed by atoms with E-state index in [1.54, 1.807) is 12.4 Å². The second-order valence-electron chi connectivity index (χ2n) is 5.15. The number of hydrogen-bond acceptors (Lipinski definition) is 4. The first-order valence-electron chi connectivity index (χ1n) is 6.92. The monoisotopic (exact) mass is 303 g/mol. The molecule has 0 amide bonds. The molecule has 0 N–H and O–H groups in total. The topological polar surface area (TPSA) is 65.7 Å². The lowest BCUT2D eigenvalue weighted by molar-refractivity contribution is 0.0600. The molecule has 0 saturated heterocycles. The summed E-state index contributed by atoms with van der Waals surface area (Å²) >= 11 is 0. The van der Waals surface area contributed by atoms with E-state index in [0.717, 1.165) is 22.3 Å². The quantitative estimate of drug-likeness (QED) is 0.487. The predicted octanol–water partition coefficient (Wildman–Crippen LogP) is 3.46. The van der Waals surface area contributed by atoms with Crippen LogP contribution in [0.1, 0.15) is 39.5 Å². The van der Waals surface area contributed by atoms with Crippen LogP contribution in [0.4, 0.5) is 5.69 Å². The Bertz CT molecular complexity index is 612. The minimum Gasteiger partial charge on any atom is -0.465 e. The average molecular weight is 303 g/mol. The summed E-state index contributed by atoms with van der Waals surface area (Å²) < 4.78 is 4.89. The van der Waals surface area contributed by atoms with Gasteiger partial charge in [0.2, 0.25) is 0 Å². The minimum atomic E-state index is -0.338. The van der Waals surface area contributed by atoms with Crippen LogP contribution in [0.3, 0.4) is 0 Å². The van der Waals surface area contributed by atoms with Gasteiger partial charge in [-0.3, -0.25) is 0 Å². The lowest BCUT2D eigenvalue weighted by Gasteiger charge is -2.17. The highest BCUT2D eigenvalue weighted by atomic mass is 16.5. The van der Waals surface area contributed by atoms with Crippen LogP contribution in [0, 0.1) is 39.0 Å². The van der Waals surface area contributed by atoms with E-state index >= 15 is 0 Å². The number of benzene rings is 1. The van der Waals surface area contributed by atoms with Gasteiger partial charge in [-0.1, -0.05) is 0 Å². The van der Waals surface area contributed by atoms with Crippen LogP contribution in [0.25, 0.3) is 0 Å². The van der Waals surface area contributed by atoms with Crippen LogP contribution in [0.2, 0.25) is 0 Å². The second-order valence-corrected chi connectivity index (χ2v) is 5.15. The predicted molar refractivity (Wildman–Crippen MR) is 89.9 cm³/mol. The maximum atomic E-state index is 12.0. The molecule has 0 aliphatic carbocycles. The van der Waals surface area contributed by atoms with Crippen molar-refractivity contribution >= 4 is 18.0 Å². The maximum absolute atomic E-state index is 12.0. The minimum absolute atomic E-state index is 0.338. The third kappa shape index (κ3) is 4.59.